The number of ether oxygens (including phenoxy) is 3. The highest BCUT2D eigenvalue weighted by atomic mass is 16.8. The first-order valence-corrected chi connectivity index (χ1v) is 21.7. The Hall–Kier alpha value is -1.20. The van der Waals surface area contributed by atoms with Gasteiger partial charge in [0.25, 0.3) is 0 Å². The van der Waals surface area contributed by atoms with Crippen molar-refractivity contribution in [3.63, 3.8) is 0 Å². The highest BCUT2D eigenvalue weighted by molar-refractivity contribution is 4.93. The van der Waals surface area contributed by atoms with Gasteiger partial charge >= 0.3 is 0 Å². The lowest BCUT2D eigenvalue weighted by Crippen LogP contribution is -2.31. The minimum absolute atomic E-state index is 0.142. The van der Waals surface area contributed by atoms with Gasteiger partial charge in [-0.3, -0.25) is 0 Å². The molecule has 0 aliphatic carbocycles. The van der Waals surface area contributed by atoms with Crippen LogP contribution < -0.4 is 0 Å². The summed E-state index contributed by atoms with van der Waals surface area (Å²) in [5.74, 6) is -0.404. The zero-order valence-corrected chi connectivity index (χ0v) is 34.2. The normalized spacial score (nSPS) is 20.0. The molecule has 292 valence electrons. The van der Waals surface area contributed by atoms with Crippen LogP contribution in [0.15, 0.2) is 48.6 Å². The molecule has 3 atom stereocenters. The van der Waals surface area contributed by atoms with E-state index in [9.17, 15) is 0 Å². The number of allylic oxidation sites excluding steroid dienone is 8. The molecule has 3 unspecified atom stereocenters. The molecule has 1 heterocycles. The summed E-state index contributed by atoms with van der Waals surface area (Å²) in [6.45, 7) is 6.30. The van der Waals surface area contributed by atoms with Gasteiger partial charge in [-0.2, -0.15) is 0 Å². The summed E-state index contributed by atoms with van der Waals surface area (Å²) in [5.41, 5.74) is 0. The van der Waals surface area contributed by atoms with Crippen LogP contribution in [0.2, 0.25) is 0 Å². The van der Waals surface area contributed by atoms with Gasteiger partial charge in [-0.15, -0.1) is 0 Å². The maximum Gasteiger partial charge on any atom is 0.169 e. The molecule has 4 nitrogen and oxygen atoms in total. The van der Waals surface area contributed by atoms with Gasteiger partial charge in [-0.25, -0.2) is 0 Å². The van der Waals surface area contributed by atoms with Crippen LogP contribution in [-0.4, -0.2) is 57.3 Å². The summed E-state index contributed by atoms with van der Waals surface area (Å²) in [5, 5.41) is 0. The lowest BCUT2D eigenvalue weighted by atomic mass is 9.98. The average molecular weight is 700 g/mol. The molecule has 0 radical (unpaired) electrons. The lowest BCUT2D eigenvalue weighted by molar-refractivity contribution is -0.188. The minimum Gasteiger partial charge on any atom is -0.385 e. The van der Waals surface area contributed by atoms with E-state index in [1.165, 1.54) is 141 Å². The fourth-order valence-electron chi connectivity index (χ4n) is 6.97. The Balaban J connectivity index is 2.37. The summed E-state index contributed by atoms with van der Waals surface area (Å²) in [7, 11) is 6.11. The van der Waals surface area contributed by atoms with Crippen molar-refractivity contribution in [3.8, 4) is 0 Å². The smallest absolute Gasteiger partial charge is 0.169 e. The van der Waals surface area contributed by atoms with Crippen molar-refractivity contribution in [2.24, 2.45) is 0 Å². The van der Waals surface area contributed by atoms with Crippen molar-refractivity contribution in [1.29, 1.82) is 0 Å². The van der Waals surface area contributed by atoms with E-state index in [4.69, 9.17) is 14.2 Å². The molecule has 0 N–H and O–H groups in total. The number of hydrogen-bond acceptors (Lipinski definition) is 4. The second kappa shape index (κ2) is 34.9. The van der Waals surface area contributed by atoms with Gasteiger partial charge in [0.1, 0.15) is 0 Å². The zero-order chi connectivity index (χ0) is 36.2. The number of unbranched alkanes of at least 4 members (excludes halogenated alkanes) is 18. The zero-order valence-electron chi connectivity index (χ0n) is 34.2. The maximum atomic E-state index is 6.93. The van der Waals surface area contributed by atoms with E-state index in [2.05, 4.69) is 81.5 Å². The topological polar surface area (TPSA) is 30.9 Å². The third kappa shape index (κ3) is 27.5. The predicted molar refractivity (Wildman–Crippen MR) is 220 cm³/mol. The second-order valence-electron chi connectivity index (χ2n) is 15.3. The van der Waals surface area contributed by atoms with Crippen molar-refractivity contribution in [3.05, 3.63) is 48.6 Å². The Morgan fingerprint density at radius 2 is 0.880 bits per heavy atom. The highest BCUT2D eigenvalue weighted by Crippen LogP contribution is 2.40. The molecule has 0 aromatic carbocycles. The summed E-state index contributed by atoms with van der Waals surface area (Å²) in [4.78, 5) is 2.27. The van der Waals surface area contributed by atoms with E-state index in [1.54, 1.807) is 7.11 Å². The minimum atomic E-state index is -0.404. The van der Waals surface area contributed by atoms with Gasteiger partial charge in [0.2, 0.25) is 0 Å². The molecule has 0 spiro atoms. The van der Waals surface area contributed by atoms with Crippen molar-refractivity contribution in [2.75, 3.05) is 34.4 Å². The fourth-order valence-corrected chi connectivity index (χ4v) is 6.97. The van der Waals surface area contributed by atoms with Crippen LogP contribution >= 0.6 is 0 Å². The first-order chi connectivity index (χ1) is 24.6. The molecule has 0 saturated carbocycles. The molecule has 1 saturated heterocycles. The Kier molecular flexibility index (Phi) is 32.6. The van der Waals surface area contributed by atoms with Crippen LogP contribution in [0.3, 0.4) is 0 Å². The summed E-state index contributed by atoms with van der Waals surface area (Å²) >= 11 is 0. The third-order valence-electron chi connectivity index (χ3n) is 10.1. The van der Waals surface area contributed by atoms with Crippen molar-refractivity contribution in [2.45, 2.75) is 212 Å². The molecule has 0 bridgehead atoms. The number of hydrogen-bond donors (Lipinski definition) is 0. The molecule has 1 rings (SSSR count). The number of methoxy groups -OCH3 is 1. The Morgan fingerprint density at radius 1 is 0.500 bits per heavy atom. The van der Waals surface area contributed by atoms with Crippen molar-refractivity contribution >= 4 is 0 Å². The van der Waals surface area contributed by atoms with Gasteiger partial charge in [-0.1, -0.05) is 140 Å². The van der Waals surface area contributed by atoms with Crippen molar-refractivity contribution in [1.82, 2.24) is 4.90 Å². The first-order valence-electron chi connectivity index (χ1n) is 21.7. The van der Waals surface area contributed by atoms with E-state index >= 15 is 0 Å². The molecular formula is C46H85NO3. The Bertz CT molecular complexity index is 833. The molecule has 1 aliphatic heterocycles. The quantitative estimate of drug-likeness (QED) is 0.0481. The van der Waals surface area contributed by atoms with E-state index in [1.807, 2.05) is 0 Å². The molecule has 1 fully saturated rings. The highest BCUT2D eigenvalue weighted by Gasteiger charge is 2.46. The van der Waals surface area contributed by atoms with E-state index in [-0.39, 0.29) is 12.2 Å². The van der Waals surface area contributed by atoms with E-state index in [0.717, 1.165) is 51.7 Å². The largest absolute Gasteiger partial charge is 0.385 e. The van der Waals surface area contributed by atoms with Crippen LogP contribution in [0.1, 0.15) is 194 Å². The standard InChI is InChI=1S/C46H85NO3/c1-6-8-10-12-14-16-18-20-22-23-25-27-29-31-33-35-37-41-46(49-44(38-42-47(3)4)45(50-46)39-43-48-5)40-36-34-32-30-28-26-24-21-19-17-15-13-11-9-7-2/h14-17,20-22,24,44-45H,6-13,18-19,23,25-43H2,1-5H3/b16-14-,17-15-,22-20-,24-21-. The van der Waals surface area contributed by atoms with E-state index < -0.39 is 5.79 Å². The fraction of sp³-hybridized carbons (Fsp3) is 0.826. The molecule has 50 heavy (non-hydrogen) atoms. The first kappa shape index (κ1) is 46.8. The van der Waals surface area contributed by atoms with Gasteiger partial charge in [0.05, 0.1) is 12.2 Å². The molecule has 0 aromatic rings. The van der Waals surface area contributed by atoms with Crippen molar-refractivity contribution < 1.29 is 14.2 Å². The van der Waals surface area contributed by atoms with Crippen LogP contribution in [0.25, 0.3) is 0 Å². The summed E-state index contributed by atoms with van der Waals surface area (Å²) < 4.78 is 19.3. The van der Waals surface area contributed by atoms with Crippen LogP contribution in [-0.2, 0) is 14.2 Å². The average Bonchev–Trinajstić information content (AvgIpc) is 3.46. The number of nitrogens with zero attached hydrogens (tertiary/aromatic N) is 1. The SMILES string of the molecule is CCCCC/C=C\C/C=C\CCCCCCCCCC1(CCCCCCC/C=C\C/C=C\CCCCC)OC(CCOC)C(CCN(C)C)O1. The second-order valence-corrected chi connectivity index (χ2v) is 15.3. The van der Waals surface area contributed by atoms with Crippen LogP contribution in [0.5, 0.6) is 0 Å². The summed E-state index contributed by atoms with van der Waals surface area (Å²) in [6, 6.07) is 0. The van der Waals surface area contributed by atoms with Gasteiger partial charge in [-0.05, 0) is 104 Å². The Labute approximate surface area is 312 Å². The number of rotatable bonds is 36. The van der Waals surface area contributed by atoms with E-state index in [0.29, 0.717) is 0 Å². The Morgan fingerprint density at radius 3 is 1.28 bits per heavy atom. The molecule has 1 aliphatic rings. The molecular weight excluding hydrogens is 615 g/mol. The van der Waals surface area contributed by atoms with Gasteiger partial charge in [0.15, 0.2) is 5.79 Å². The summed E-state index contributed by atoms with van der Waals surface area (Å²) in [6.07, 6.45) is 53.8. The lowest BCUT2D eigenvalue weighted by Gasteiger charge is -2.29. The molecule has 4 heteroatoms. The van der Waals surface area contributed by atoms with Gasteiger partial charge < -0.3 is 19.1 Å². The predicted octanol–water partition coefficient (Wildman–Crippen LogP) is 13.9. The van der Waals surface area contributed by atoms with Crippen LogP contribution in [0.4, 0.5) is 0 Å². The monoisotopic (exact) mass is 700 g/mol. The van der Waals surface area contributed by atoms with Crippen LogP contribution in [0, 0.1) is 0 Å². The maximum absolute atomic E-state index is 6.93. The van der Waals surface area contributed by atoms with Gasteiger partial charge in [0, 0.05) is 33.1 Å². The molecule has 0 amide bonds. The molecule has 0 aromatic heterocycles. The third-order valence-corrected chi connectivity index (χ3v) is 10.1.